The molecule has 0 N–H and O–H groups in total. The van der Waals surface area contributed by atoms with Crippen molar-refractivity contribution in [3.05, 3.63) is 75.7 Å². The molecule has 2 aromatic rings. The molecule has 0 saturated carbocycles. The van der Waals surface area contributed by atoms with Gasteiger partial charge in [0.15, 0.2) is 6.04 Å². The first kappa shape index (κ1) is 18.7. The summed E-state index contributed by atoms with van der Waals surface area (Å²) in [6.07, 6.45) is 0. The van der Waals surface area contributed by atoms with Crippen LogP contribution < -0.4 is 0 Å². The van der Waals surface area contributed by atoms with Crippen molar-refractivity contribution in [3.8, 4) is 0 Å². The molecule has 0 spiro atoms. The number of benzene rings is 2. The van der Waals surface area contributed by atoms with Crippen LogP contribution in [0.3, 0.4) is 0 Å². The van der Waals surface area contributed by atoms with Crippen LogP contribution in [0.15, 0.2) is 65.0 Å². The summed E-state index contributed by atoms with van der Waals surface area (Å²) in [7, 11) is 0. The number of rotatable bonds is 6. The molecular weight excluding hydrogens is 370 g/mol. The predicted octanol–water partition coefficient (Wildman–Crippen LogP) is 3.59. The standard InChI is InChI=1S/C19H16ClN3O4/c1-2-27-19(25)17-15(12-8-10-14(20)11-9-12)16(21-23(17)22-26)18(24)13-6-4-3-5-7-13/h3-11,15,17H,2H2,1H3. The van der Waals surface area contributed by atoms with Crippen LogP contribution in [0.25, 0.3) is 0 Å². The third-order valence-electron chi connectivity index (χ3n) is 4.18. The molecule has 1 aliphatic heterocycles. The molecule has 2 aromatic carbocycles. The zero-order valence-corrected chi connectivity index (χ0v) is 15.2. The van der Waals surface area contributed by atoms with E-state index in [0.717, 1.165) is 0 Å². The maximum Gasteiger partial charge on any atom is 0.334 e. The summed E-state index contributed by atoms with van der Waals surface area (Å²) in [6.45, 7) is 1.77. The topological polar surface area (TPSA) is 88.4 Å². The van der Waals surface area contributed by atoms with Gasteiger partial charge in [-0.15, -0.1) is 10.0 Å². The van der Waals surface area contributed by atoms with Crippen molar-refractivity contribution >= 4 is 29.1 Å². The van der Waals surface area contributed by atoms with Crippen LogP contribution in [-0.2, 0) is 9.53 Å². The SMILES string of the molecule is CCOC(=O)C1C(c2ccc(Cl)cc2)C(C(=O)c2ccccc2)=NN1N=O. The molecule has 1 heterocycles. The Labute approximate surface area is 160 Å². The van der Waals surface area contributed by atoms with Gasteiger partial charge in [0.2, 0.25) is 5.78 Å². The Hall–Kier alpha value is -3.06. The number of nitrogens with zero attached hydrogens (tertiary/aromatic N) is 3. The summed E-state index contributed by atoms with van der Waals surface area (Å²) < 4.78 is 5.08. The zero-order valence-electron chi connectivity index (χ0n) is 14.4. The summed E-state index contributed by atoms with van der Waals surface area (Å²) in [6, 6.07) is 14.0. The monoisotopic (exact) mass is 385 g/mol. The maximum atomic E-state index is 13.0. The number of ether oxygens (including phenoxy) is 1. The molecule has 0 radical (unpaired) electrons. The number of hydrogen-bond acceptors (Lipinski definition) is 6. The van der Waals surface area contributed by atoms with Gasteiger partial charge in [-0.1, -0.05) is 54.1 Å². The summed E-state index contributed by atoms with van der Waals surface area (Å²) in [5.41, 5.74) is 1.04. The van der Waals surface area contributed by atoms with Crippen molar-refractivity contribution < 1.29 is 14.3 Å². The minimum absolute atomic E-state index is 0.0428. The molecule has 0 saturated heterocycles. The van der Waals surface area contributed by atoms with Crippen molar-refractivity contribution in [1.82, 2.24) is 5.12 Å². The fourth-order valence-corrected chi connectivity index (χ4v) is 3.11. The van der Waals surface area contributed by atoms with Crippen molar-refractivity contribution in [3.63, 3.8) is 0 Å². The lowest BCUT2D eigenvalue weighted by Crippen LogP contribution is -2.39. The van der Waals surface area contributed by atoms with Gasteiger partial charge in [0.25, 0.3) is 0 Å². The molecule has 27 heavy (non-hydrogen) atoms. The van der Waals surface area contributed by atoms with Gasteiger partial charge in [-0.3, -0.25) is 4.79 Å². The Morgan fingerprint density at radius 2 is 1.81 bits per heavy atom. The number of hydrazone groups is 1. The average Bonchev–Trinajstić information content (AvgIpc) is 3.08. The van der Waals surface area contributed by atoms with E-state index in [2.05, 4.69) is 10.4 Å². The third-order valence-corrected chi connectivity index (χ3v) is 4.43. The molecule has 7 nitrogen and oxygen atoms in total. The van der Waals surface area contributed by atoms with Crippen LogP contribution in [0.2, 0.25) is 5.02 Å². The van der Waals surface area contributed by atoms with E-state index < -0.39 is 23.7 Å². The first-order valence-corrected chi connectivity index (χ1v) is 8.67. The van der Waals surface area contributed by atoms with Gasteiger partial charge >= 0.3 is 5.97 Å². The molecule has 138 valence electrons. The molecule has 0 aliphatic carbocycles. The molecule has 2 unspecified atom stereocenters. The minimum Gasteiger partial charge on any atom is -0.464 e. The van der Waals surface area contributed by atoms with Crippen molar-refractivity contribution in [2.45, 2.75) is 18.9 Å². The van der Waals surface area contributed by atoms with Gasteiger partial charge in [0, 0.05) is 10.6 Å². The highest BCUT2D eigenvalue weighted by Crippen LogP contribution is 2.34. The van der Waals surface area contributed by atoms with E-state index in [-0.39, 0.29) is 12.3 Å². The number of nitroso groups, excluding NO2 is 1. The van der Waals surface area contributed by atoms with E-state index in [1.165, 1.54) is 0 Å². The molecule has 0 aromatic heterocycles. The Morgan fingerprint density at radius 3 is 2.41 bits per heavy atom. The van der Waals surface area contributed by atoms with Gasteiger partial charge < -0.3 is 4.74 Å². The lowest BCUT2D eigenvalue weighted by Gasteiger charge is -2.21. The molecule has 2 atom stereocenters. The predicted molar refractivity (Wildman–Crippen MR) is 100 cm³/mol. The van der Waals surface area contributed by atoms with Crippen LogP contribution in [0, 0.1) is 4.91 Å². The molecular formula is C19H16ClN3O4. The normalized spacial score (nSPS) is 18.7. The Balaban J connectivity index is 2.08. The van der Waals surface area contributed by atoms with Gasteiger partial charge in [-0.2, -0.15) is 5.10 Å². The third kappa shape index (κ3) is 3.73. The Kier molecular flexibility index (Phi) is 5.61. The first-order valence-electron chi connectivity index (χ1n) is 8.29. The Morgan fingerprint density at radius 1 is 1.15 bits per heavy atom. The van der Waals surface area contributed by atoms with E-state index in [4.69, 9.17) is 16.3 Å². The molecule has 1 aliphatic rings. The zero-order chi connectivity index (χ0) is 19.4. The minimum atomic E-state index is -1.16. The highest BCUT2D eigenvalue weighted by Gasteiger charge is 2.47. The van der Waals surface area contributed by atoms with Crippen LogP contribution >= 0.6 is 11.6 Å². The smallest absolute Gasteiger partial charge is 0.334 e. The molecule has 8 heteroatoms. The van der Waals surface area contributed by atoms with E-state index in [0.29, 0.717) is 21.3 Å². The number of esters is 1. The van der Waals surface area contributed by atoms with Crippen LogP contribution in [0.4, 0.5) is 0 Å². The second-order valence-electron chi connectivity index (χ2n) is 5.81. The number of carbonyl (C=O) groups is 2. The van der Waals surface area contributed by atoms with Crippen LogP contribution in [0.5, 0.6) is 0 Å². The lowest BCUT2D eigenvalue weighted by atomic mass is 9.85. The van der Waals surface area contributed by atoms with E-state index in [9.17, 15) is 14.5 Å². The average molecular weight is 386 g/mol. The fourth-order valence-electron chi connectivity index (χ4n) is 2.98. The molecule has 0 bridgehead atoms. The van der Waals surface area contributed by atoms with Crippen molar-refractivity contribution in [1.29, 1.82) is 0 Å². The van der Waals surface area contributed by atoms with E-state index >= 15 is 0 Å². The van der Waals surface area contributed by atoms with Crippen molar-refractivity contribution in [2.24, 2.45) is 10.4 Å². The van der Waals surface area contributed by atoms with Gasteiger partial charge in [0.05, 0.1) is 17.8 Å². The number of Topliss-reactive ketones (excluding diaryl/α,β-unsaturated/α-hetero) is 1. The number of ketones is 1. The highest BCUT2D eigenvalue weighted by atomic mass is 35.5. The molecule has 3 rings (SSSR count). The summed E-state index contributed by atoms with van der Waals surface area (Å²) in [4.78, 5) is 36.8. The quantitative estimate of drug-likeness (QED) is 0.430. The number of carbonyl (C=O) groups excluding carboxylic acids is 2. The van der Waals surface area contributed by atoms with Crippen molar-refractivity contribution in [2.75, 3.05) is 6.61 Å². The summed E-state index contributed by atoms with van der Waals surface area (Å²) in [5, 5.41) is 8.05. The van der Waals surface area contributed by atoms with E-state index in [1.54, 1.807) is 61.5 Å². The van der Waals surface area contributed by atoms with Gasteiger partial charge in [-0.05, 0) is 24.6 Å². The van der Waals surface area contributed by atoms with Gasteiger partial charge in [0.1, 0.15) is 5.71 Å². The maximum absolute atomic E-state index is 13.0. The largest absolute Gasteiger partial charge is 0.464 e. The fraction of sp³-hybridized carbons (Fsp3) is 0.211. The Bertz CT molecular complexity index is 884. The summed E-state index contributed by atoms with van der Waals surface area (Å²) >= 11 is 5.95. The summed E-state index contributed by atoms with van der Waals surface area (Å²) in [5.74, 6) is -1.89. The second kappa shape index (κ2) is 8.09. The second-order valence-corrected chi connectivity index (χ2v) is 6.24. The first-order chi connectivity index (χ1) is 13.1. The number of halogens is 1. The molecule has 0 amide bonds. The molecule has 0 fully saturated rings. The van der Waals surface area contributed by atoms with Crippen LogP contribution in [0.1, 0.15) is 28.8 Å². The van der Waals surface area contributed by atoms with Gasteiger partial charge in [-0.25, -0.2) is 4.79 Å². The number of hydrogen-bond donors (Lipinski definition) is 0. The lowest BCUT2D eigenvalue weighted by molar-refractivity contribution is -0.149. The highest BCUT2D eigenvalue weighted by molar-refractivity contribution is 6.48. The van der Waals surface area contributed by atoms with E-state index in [1.807, 2.05) is 0 Å². The van der Waals surface area contributed by atoms with Crippen LogP contribution in [-0.4, -0.2) is 35.2 Å².